The molecule has 1 saturated heterocycles. The van der Waals surface area contributed by atoms with Gasteiger partial charge in [0.1, 0.15) is 17.3 Å². The van der Waals surface area contributed by atoms with Gasteiger partial charge in [0.2, 0.25) is 5.91 Å². The fourth-order valence-electron chi connectivity index (χ4n) is 4.24. The van der Waals surface area contributed by atoms with Gasteiger partial charge in [-0.05, 0) is 63.3 Å². The summed E-state index contributed by atoms with van der Waals surface area (Å²) >= 11 is 0. The van der Waals surface area contributed by atoms with Crippen molar-refractivity contribution in [2.75, 3.05) is 23.3 Å². The van der Waals surface area contributed by atoms with Crippen LogP contribution < -0.4 is 20.4 Å². The van der Waals surface area contributed by atoms with E-state index < -0.39 is 11.6 Å². The number of aryl methyl sites for hydroxylation is 1. The molecule has 1 aromatic carbocycles. The Hall–Kier alpha value is -4.12. The molecule has 4 N–H and O–H groups in total. The first-order valence-electron chi connectivity index (χ1n) is 13.1. The van der Waals surface area contributed by atoms with E-state index in [1.165, 1.54) is 20.0 Å². The Morgan fingerprint density at radius 2 is 2.00 bits per heavy atom. The van der Waals surface area contributed by atoms with E-state index in [9.17, 15) is 19.8 Å². The molecule has 11 nitrogen and oxygen atoms in total. The number of carbonyl (C=O) groups is 2. The molecule has 1 unspecified atom stereocenters. The second-order valence-electron chi connectivity index (χ2n) is 10.1. The summed E-state index contributed by atoms with van der Waals surface area (Å²) in [6.07, 6.45) is 10.9. The van der Waals surface area contributed by atoms with Crippen molar-refractivity contribution in [3.8, 4) is 5.75 Å². The smallest absolute Gasteiger partial charge is 0.347 e. The number of nitrogens with zero attached hydrogens (tertiary/aromatic N) is 3. The zero-order valence-electron chi connectivity index (χ0n) is 22.2. The number of hydrogen-bond acceptors (Lipinski definition) is 9. The van der Waals surface area contributed by atoms with Gasteiger partial charge in [0.05, 0.1) is 18.4 Å². The van der Waals surface area contributed by atoms with Gasteiger partial charge in [0, 0.05) is 25.9 Å². The van der Waals surface area contributed by atoms with Crippen LogP contribution in [0.15, 0.2) is 60.3 Å². The van der Waals surface area contributed by atoms with Crippen molar-refractivity contribution in [2.24, 2.45) is 0 Å². The highest BCUT2D eigenvalue weighted by Crippen LogP contribution is 2.22. The lowest BCUT2D eigenvalue weighted by Crippen LogP contribution is -2.46. The number of carboxylic acid groups (broad SMARTS) is 1. The van der Waals surface area contributed by atoms with Gasteiger partial charge in [0.25, 0.3) is 0 Å². The van der Waals surface area contributed by atoms with Crippen LogP contribution in [0.3, 0.4) is 0 Å². The number of carboxylic acids is 1. The molecule has 208 valence electrons. The maximum absolute atomic E-state index is 12.6. The lowest BCUT2D eigenvalue weighted by atomic mass is 10.1. The summed E-state index contributed by atoms with van der Waals surface area (Å²) < 4.78 is 5.51. The Morgan fingerprint density at radius 3 is 2.74 bits per heavy atom. The van der Waals surface area contributed by atoms with Crippen molar-refractivity contribution in [1.82, 2.24) is 15.4 Å². The van der Waals surface area contributed by atoms with Crippen LogP contribution in [0.5, 0.6) is 5.75 Å². The number of piperidine rings is 1. The summed E-state index contributed by atoms with van der Waals surface area (Å²) in [6.45, 7) is 4.43. The SMILES string of the molecule is CC(C)(Oc1ccc(CCC(=O)Nc2cncc(N3CCCC(NOC4=C(O)CCC=C4)C3)n2)cc1)C(=O)O. The predicted octanol–water partition coefficient (Wildman–Crippen LogP) is 3.90. The number of amides is 1. The zero-order chi connectivity index (χ0) is 27.8. The number of aromatic nitrogens is 2. The quantitative estimate of drug-likeness (QED) is 0.311. The Morgan fingerprint density at radius 1 is 1.21 bits per heavy atom. The monoisotopic (exact) mass is 537 g/mol. The molecular weight excluding hydrogens is 502 g/mol. The highest BCUT2D eigenvalue weighted by Gasteiger charge is 2.29. The third-order valence-corrected chi connectivity index (χ3v) is 6.52. The van der Waals surface area contributed by atoms with E-state index in [0.717, 1.165) is 31.4 Å². The second-order valence-corrected chi connectivity index (χ2v) is 10.1. The summed E-state index contributed by atoms with van der Waals surface area (Å²) in [6, 6.07) is 7.07. The van der Waals surface area contributed by atoms with Crippen LogP contribution in [0.25, 0.3) is 0 Å². The first-order valence-corrected chi connectivity index (χ1v) is 13.1. The average molecular weight is 538 g/mol. The molecule has 1 aliphatic carbocycles. The fourth-order valence-corrected chi connectivity index (χ4v) is 4.24. The van der Waals surface area contributed by atoms with Crippen LogP contribution in [-0.4, -0.2) is 56.8 Å². The van der Waals surface area contributed by atoms with E-state index in [1.54, 1.807) is 24.4 Å². The van der Waals surface area contributed by atoms with E-state index in [1.807, 2.05) is 18.2 Å². The van der Waals surface area contributed by atoms with Crippen LogP contribution in [0.1, 0.15) is 51.5 Å². The molecule has 2 aliphatic rings. The summed E-state index contributed by atoms with van der Waals surface area (Å²) in [5.74, 6) is 0.962. The Balaban J connectivity index is 1.26. The second kappa shape index (κ2) is 12.6. The van der Waals surface area contributed by atoms with Crippen LogP contribution in [0.4, 0.5) is 11.6 Å². The van der Waals surface area contributed by atoms with E-state index in [2.05, 4.69) is 25.7 Å². The molecule has 1 atom stereocenters. The van der Waals surface area contributed by atoms with Gasteiger partial charge >= 0.3 is 5.97 Å². The summed E-state index contributed by atoms with van der Waals surface area (Å²) in [5.41, 5.74) is 2.65. The number of hydrogen-bond donors (Lipinski definition) is 4. The third-order valence-electron chi connectivity index (χ3n) is 6.52. The minimum atomic E-state index is -1.33. The summed E-state index contributed by atoms with van der Waals surface area (Å²) in [5, 5.41) is 22.0. The molecule has 4 rings (SSSR count). The highest BCUT2D eigenvalue weighted by atomic mass is 16.7. The van der Waals surface area contributed by atoms with Crippen LogP contribution in [0, 0.1) is 0 Å². The molecule has 1 amide bonds. The fraction of sp³-hybridized carbons (Fsp3) is 0.429. The van der Waals surface area contributed by atoms with Crippen molar-refractivity contribution in [2.45, 2.75) is 64.0 Å². The van der Waals surface area contributed by atoms with Crippen LogP contribution in [-0.2, 0) is 20.8 Å². The van der Waals surface area contributed by atoms with Crippen LogP contribution in [0.2, 0.25) is 0 Å². The topological polar surface area (TPSA) is 146 Å². The van der Waals surface area contributed by atoms with E-state index >= 15 is 0 Å². The summed E-state index contributed by atoms with van der Waals surface area (Å²) in [4.78, 5) is 40.4. The van der Waals surface area contributed by atoms with E-state index in [0.29, 0.717) is 42.5 Å². The lowest BCUT2D eigenvalue weighted by molar-refractivity contribution is -0.152. The number of allylic oxidation sites excluding steroid dienone is 3. The first-order chi connectivity index (χ1) is 18.7. The van der Waals surface area contributed by atoms with Crippen molar-refractivity contribution < 1.29 is 29.4 Å². The molecule has 1 aliphatic heterocycles. The molecule has 1 fully saturated rings. The molecule has 39 heavy (non-hydrogen) atoms. The standard InChI is InChI=1S/C28H35N5O6/c1-28(2,27(36)37)38-21-12-9-19(10-13-21)11-14-26(35)31-24-16-29-17-25(30-24)33-15-5-6-20(18-33)32-39-23-8-4-3-7-22(23)34/h4,8-10,12-13,16-17,20,32,34H,3,5-7,11,14-15,18H2,1-2H3,(H,36,37)(H,30,31,35). The number of ether oxygens (including phenoxy) is 1. The molecule has 0 saturated carbocycles. The van der Waals surface area contributed by atoms with Crippen molar-refractivity contribution in [3.63, 3.8) is 0 Å². The molecule has 11 heteroatoms. The van der Waals surface area contributed by atoms with Gasteiger partial charge < -0.3 is 30.0 Å². The molecule has 2 aromatic rings. The minimum absolute atomic E-state index is 0.0430. The largest absolute Gasteiger partial charge is 0.508 e. The van der Waals surface area contributed by atoms with Gasteiger partial charge in [-0.25, -0.2) is 9.78 Å². The van der Waals surface area contributed by atoms with Crippen molar-refractivity contribution >= 4 is 23.5 Å². The van der Waals surface area contributed by atoms with E-state index in [4.69, 9.17) is 9.57 Å². The molecule has 0 spiro atoms. The van der Waals surface area contributed by atoms with Gasteiger partial charge in [-0.1, -0.05) is 18.2 Å². The molecule has 1 aromatic heterocycles. The maximum Gasteiger partial charge on any atom is 0.347 e. The van der Waals surface area contributed by atoms with Gasteiger partial charge in [-0.2, -0.15) is 5.48 Å². The Bertz CT molecular complexity index is 1230. The lowest BCUT2D eigenvalue weighted by Gasteiger charge is -2.33. The first kappa shape index (κ1) is 27.9. The predicted molar refractivity (Wildman–Crippen MR) is 145 cm³/mol. The van der Waals surface area contributed by atoms with Crippen LogP contribution >= 0.6 is 0 Å². The molecule has 0 radical (unpaired) electrons. The highest BCUT2D eigenvalue weighted by molar-refractivity contribution is 5.89. The number of nitrogens with one attached hydrogen (secondary N) is 2. The number of rotatable bonds is 11. The van der Waals surface area contributed by atoms with E-state index in [-0.39, 0.29) is 24.1 Å². The normalized spacial score (nSPS) is 17.6. The molecular formula is C28H35N5O6. The summed E-state index contributed by atoms with van der Waals surface area (Å²) in [7, 11) is 0. The Labute approximate surface area is 227 Å². The molecule has 0 bridgehead atoms. The third kappa shape index (κ3) is 7.93. The number of aliphatic hydroxyl groups is 1. The Kier molecular flexibility index (Phi) is 9.03. The minimum Gasteiger partial charge on any atom is -0.508 e. The number of aliphatic carboxylic acids is 1. The number of aliphatic hydroxyl groups excluding tert-OH is 1. The number of anilines is 2. The number of carbonyl (C=O) groups excluding carboxylic acids is 1. The number of benzene rings is 1. The van der Waals surface area contributed by atoms with Gasteiger partial charge in [-0.15, -0.1) is 0 Å². The maximum atomic E-state index is 12.6. The number of hydroxylamine groups is 1. The zero-order valence-corrected chi connectivity index (χ0v) is 22.2. The van der Waals surface area contributed by atoms with Crippen molar-refractivity contribution in [3.05, 3.63) is 65.9 Å². The van der Waals surface area contributed by atoms with Crippen molar-refractivity contribution in [1.29, 1.82) is 0 Å². The van der Waals surface area contributed by atoms with Gasteiger partial charge in [-0.3, -0.25) is 9.78 Å². The van der Waals surface area contributed by atoms with Gasteiger partial charge in [0.15, 0.2) is 17.2 Å². The average Bonchev–Trinajstić information content (AvgIpc) is 2.92. The molecule has 2 heterocycles.